The van der Waals surface area contributed by atoms with Gasteiger partial charge in [0.05, 0.1) is 0 Å². The van der Waals surface area contributed by atoms with E-state index in [-0.39, 0.29) is 17.7 Å². The van der Waals surface area contributed by atoms with Crippen molar-refractivity contribution in [3.63, 3.8) is 0 Å². The molecular weight excluding hydrogens is 356 g/mol. The number of carbonyl (C=O) groups is 2. The fourth-order valence-electron chi connectivity index (χ4n) is 2.31. The third-order valence-corrected chi connectivity index (χ3v) is 4.37. The van der Waals surface area contributed by atoms with Crippen molar-refractivity contribution in [1.29, 1.82) is 0 Å². The number of rotatable bonds is 4. The molecule has 0 spiro atoms. The van der Waals surface area contributed by atoms with Crippen molar-refractivity contribution >= 4 is 39.1 Å². The normalized spacial score (nSPS) is 13.5. The first-order valence-corrected chi connectivity index (χ1v) is 8.31. The fraction of sp³-hybridized carbons (Fsp3) is 0.222. The van der Waals surface area contributed by atoms with E-state index >= 15 is 0 Å². The quantitative estimate of drug-likeness (QED) is 0.837. The molecule has 1 aliphatic carbocycles. The summed E-state index contributed by atoms with van der Waals surface area (Å²) in [6.07, 6.45) is 1.92. The van der Waals surface area contributed by atoms with E-state index in [1.165, 1.54) is 0 Å². The minimum Gasteiger partial charge on any atom is -0.326 e. The van der Waals surface area contributed by atoms with Crippen LogP contribution >= 0.6 is 15.9 Å². The van der Waals surface area contributed by atoms with Gasteiger partial charge in [-0.25, -0.2) is 0 Å². The summed E-state index contributed by atoms with van der Waals surface area (Å²) in [6.45, 7) is 1.89. The smallest absolute Gasteiger partial charge is 0.255 e. The average molecular weight is 373 g/mol. The molecule has 0 bridgehead atoms. The maximum atomic E-state index is 12.4. The van der Waals surface area contributed by atoms with Crippen molar-refractivity contribution in [2.75, 3.05) is 10.6 Å². The summed E-state index contributed by atoms with van der Waals surface area (Å²) in [6, 6.07) is 12.7. The van der Waals surface area contributed by atoms with Gasteiger partial charge in [0.1, 0.15) is 0 Å². The molecular formula is C18H17BrN2O2. The summed E-state index contributed by atoms with van der Waals surface area (Å²) >= 11 is 3.36. The van der Waals surface area contributed by atoms with Crippen LogP contribution in [0.25, 0.3) is 0 Å². The Morgan fingerprint density at radius 1 is 1.04 bits per heavy atom. The van der Waals surface area contributed by atoms with Gasteiger partial charge in [-0.3, -0.25) is 9.59 Å². The minimum absolute atomic E-state index is 0.0589. The molecule has 0 aliphatic heterocycles. The Hall–Kier alpha value is -2.14. The van der Waals surface area contributed by atoms with Crippen molar-refractivity contribution in [3.8, 4) is 0 Å². The van der Waals surface area contributed by atoms with Crippen LogP contribution in [0.3, 0.4) is 0 Å². The second-order valence-electron chi connectivity index (χ2n) is 5.71. The maximum Gasteiger partial charge on any atom is 0.255 e. The van der Waals surface area contributed by atoms with Crippen LogP contribution in [0, 0.1) is 12.8 Å². The van der Waals surface area contributed by atoms with E-state index in [4.69, 9.17) is 0 Å². The lowest BCUT2D eigenvalue weighted by Crippen LogP contribution is -2.16. The van der Waals surface area contributed by atoms with Crippen LogP contribution in [0.2, 0.25) is 0 Å². The summed E-state index contributed by atoms with van der Waals surface area (Å²) in [5, 5.41) is 5.84. The standard InChI is InChI=1S/C18H17BrN2O2/c1-11-15(20-17(22)12-8-9-12)6-3-7-16(11)21-18(23)13-4-2-5-14(19)10-13/h2-7,10,12H,8-9H2,1H3,(H,20,22)(H,21,23). The molecule has 2 aromatic carbocycles. The summed E-state index contributed by atoms with van der Waals surface area (Å²) in [5.74, 6) is 0.0259. The molecule has 4 nitrogen and oxygen atoms in total. The molecule has 0 unspecified atom stereocenters. The van der Waals surface area contributed by atoms with Crippen molar-refractivity contribution < 1.29 is 9.59 Å². The first kappa shape index (κ1) is 15.7. The summed E-state index contributed by atoms with van der Waals surface area (Å²) in [5.41, 5.74) is 2.87. The Morgan fingerprint density at radius 3 is 2.35 bits per heavy atom. The van der Waals surface area contributed by atoms with Gasteiger partial charge in [-0.2, -0.15) is 0 Å². The monoisotopic (exact) mass is 372 g/mol. The molecule has 2 N–H and O–H groups in total. The zero-order valence-corrected chi connectivity index (χ0v) is 14.3. The highest BCUT2D eigenvalue weighted by Gasteiger charge is 2.29. The van der Waals surface area contributed by atoms with Crippen LogP contribution in [-0.2, 0) is 4.79 Å². The number of amides is 2. The van der Waals surface area contributed by atoms with Crippen LogP contribution in [0.15, 0.2) is 46.9 Å². The van der Waals surface area contributed by atoms with Crippen LogP contribution in [0.4, 0.5) is 11.4 Å². The topological polar surface area (TPSA) is 58.2 Å². The third-order valence-electron chi connectivity index (χ3n) is 3.87. The number of carbonyl (C=O) groups excluding carboxylic acids is 2. The molecule has 3 rings (SSSR count). The molecule has 118 valence electrons. The molecule has 2 amide bonds. The first-order chi connectivity index (χ1) is 11.0. The average Bonchev–Trinajstić information content (AvgIpc) is 3.36. The lowest BCUT2D eigenvalue weighted by Gasteiger charge is -2.13. The number of benzene rings is 2. The van der Waals surface area contributed by atoms with Crippen molar-refractivity contribution in [1.82, 2.24) is 0 Å². The molecule has 23 heavy (non-hydrogen) atoms. The molecule has 5 heteroatoms. The lowest BCUT2D eigenvalue weighted by atomic mass is 10.1. The number of anilines is 2. The summed E-state index contributed by atoms with van der Waals surface area (Å²) < 4.78 is 0.854. The van der Waals surface area contributed by atoms with E-state index < -0.39 is 0 Å². The van der Waals surface area contributed by atoms with Crippen LogP contribution < -0.4 is 10.6 Å². The second-order valence-corrected chi connectivity index (χ2v) is 6.62. The molecule has 0 aromatic heterocycles. The van der Waals surface area contributed by atoms with E-state index in [1.54, 1.807) is 12.1 Å². The molecule has 0 radical (unpaired) electrons. The van der Waals surface area contributed by atoms with Gasteiger partial charge in [0.2, 0.25) is 5.91 Å². The Kier molecular flexibility index (Phi) is 4.48. The summed E-state index contributed by atoms with van der Waals surface area (Å²) in [4.78, 5) is 24.3. The molecule has 1 fully saturated rings. The summed E-state index contributed by atoms with van der Waals surface area (Å²) in [7, 11) is 0. The molecule has 0 saturated heterocycles. The number of nitrogens with one attached hydrogen (secondary N) is 2. The molecule has 0 atom stereocenters. The minimum atomic E-state index is -0.180. The van der Waals surface area contributed by atoms with Crippen molar-refractivity contribution in [2.24, 2.45) is 5.92 Å². The highest BCUT2D eigenvalue weighted by molar-refractivity contribution is 9.10. The van der Waals surface area contributed by atoms with Crippen LogP contribution in [-0.4, -0.2) is 11.8 Å². The molecule has 2 aromatic rings. The van der Waals surface area contributed by atoms with Gasteiger partial charge in [-0.15, -0.1) is 0 Å². The van der Waals surface area contributed by atoms with Crippen molar-refractivity contribution in [2.45, 2.75) is 19.8 Å². The molecule has 0 heterocycles. The van der Waals surface area contributed by atoms with E-state index in [9.17, 15) is 9.59 Å². The van der Waals surface area contributed by atoms with Gasteiger partial charge in [0.15, 0.2) is 0 Å². The first-order valence-electron chi connectivity index (χ1n) is 7.52. The van der Waals surface area contributed by atoms with E-state index in [0.717, 1.165) is 28.6 Å². The predicted molar refractivity (Wildman–Crippen MR) is 94.6 cm³/mol. The highest BCUT2D eigenvalue weighted by Crippen LogP contribution is 2.31. The van der Waals surface area contributed by atoms with Gasteiger partial charge in [0.25, 0.3) is 5.91 Å². The Labute approximate surface area is 143 Å². The highest BCUT2D eigenvalue weighted by atomic mass is 79.9. The Balaban J connectivity index is 1.77. The van der Waals surface area contributed by atoms with Gasteiger partial charge < -0.3 is 10.6 Å². The van der Waals surface area contributed by atoms with Gasteiger partial charge in [-0.05, 0) is 55.7 Å². The predicted octanol–water partition coefficient (Wildman–Crippen LogP) is 4.36. The molecule has 1 saturated carbocycles. The Bertz CT molecular complexity index is 769. The van der Waals surface area contributed by atoms with E-state index in [2.05, 4.69) is 26.6 Å². The number of hydrogen-bond donors (Lipinski definition) is 2. The van der Waals surface area contributed by atoms with Gasteiger partial charge in [-0.1, -0.05) is 28.1 Å². The number of hydrogen-bond acceptors (Lipinski definition) is 2. The maximum absolute atomic E-state index is 12.4. The van der Waals surface area contributed by atoms with Crippen LogP contribution in [0.1, 0.15) is 28.8 Å². The van der Waals surface area contributed by atoms with Crippen molar-refractivity contribution in [3.05, 3.63) is 58.1 Å². The largest absolute Gasteiger partial charge is 0.326 e. The fourth-order valence-corrected chi connectivity index (χ4v) is 2.71. The SMILES string of the molecule is Cc1c(NC(=O)c2cccc(Br)c2)cccc1NC(=O)C1CC1. The second kappa shape index (κ2) is 6.54. The lowest BCUT2D eigenvalue weighted by molar-refractivity contribution is -0.117. The van der Waals surface area contributed by atoms with E-state index in [0.29, 0.717) is 11.3 Å². The zero-order chi connectivity index (χ0) is 16.4. The number of halogens is 1. The van der Waals surface area contributed by atoms with Crippen LogP contribution in [0.5, 0.6) is 0 Å². The van der Waals surface area contributed by atoms with E-state index in [1.807, 2.05) is 37.3 Å². The third kappa shape index (κ3) is 3.79. The zero-order valence-electron chi connectivity index (χ0n) is 12.7. The van der Waals surface area contributed by atoms with Gasteiger partial charge in [0, 0.05) is 27.3 Å². The van der Waals surface area contributed by atoms with Gasteiger partial charge >= 0.3 is 0 Å². The molecule has 1 aliphatic rings. The Morgan fingerprint density at radius 2 is 1.70 bits per heavy atom.